The van der Waals surface area contributed by atoms with Crippen molar-refractivity contribution in [3.8, 4) is 6.07 Å². The van der Waals surface area contributed by atoms with E-state index in [1.807, 2.05) is 12.1 Å². The average molecular weight is 360 g/mol. The number of halogens is 1. The maximum atomic E-state index is 12.4. The molecule has 0 fully saturated rings. The number of nitriles is 1. The normalized spacial score (nSPS) is 11.8. The van der Waals surface area contributed by atoms with Crippen LogP contribution >= 0.6 is 15.9 Å². The average Bonchev–Trinajstić information content (AvgIpc) is 2.85. The van der Waals surface area contributed by atoms with Crippen molar-refractivity contribution in [1.29, 1.82) is 5.26 Å². The molecule has 22 heavy (non-hydrogen) atoms. The molecule has 1 aromatic heterocycles. The van der Waals surface area contributed by atoms with Crippen LogP contribution in [0.1, 0.15) is 35.8 Å². The van der Waals surface area contributed by atoms with E-state index >= 15 is 0 Å². The number of benzene rings is 1. The minimum Gasteiger partial charge on any atom is -0.382 e. The van der Waals surface area contributed by atoms with Crippen molar-refractivity contribution in [2.24, 2.45) is 0 Å². The van der Waals surface area contributed by atoms with Crippen molar-refractivity contribution >= 4 is 32.6 Å². The van der Waals surface area contributed by atoms with E-state index in [1.165, 1.54) is 11.8 Å². The topological polar surface area (TPSA) is 59.9 Å². The second-order valence-electron chi connectivity index (χ2n) is 5.75. The predicted molar refractivity (Wildman–Crippen MR) is 91.8 cm³/mol. The molecule has 0 saturated heterocycles. The Balaban J connectivity index is 2.50. The molecule has 1 N–H and O–H groups in total. The fourth-order valence-corrected chi connectivity index (χ4v) is 3.08. The highest BCUT2D eigenvalue weighted by Gasteiger charge is 2.16. The summed E-state index contributed by atoms with van der Waals surface area (Å²) in [6.45, 7) is 4.25. The Morgan fingerprint density at radius 2 is 2.05 bits per heavy atom. The molecule has 0 atom stereocenters. The van der Waals surface area contributed by atoms with Gasteiger partial charge in [-0.3, -0.25) is 4.79 Å². The molecule has 0 aliphatic heterocycles. The van der Waals surface area contributed by atoms with Gasteiger partial charge in [-0.15, -0.1) is 0 Å². The number of aromatic nitrogens is 1. The zero-order valence-electron chi connectivity index (χ0n) is 13.1. The van der Waals surface area contributed by atoms with Crippen LogP contribution in [0.15, 0.2) is 34.4 Å². The summed E-state index contributed by atoms with van der Waals surface area (Å²) in [5.41, 5.74) is 2.61. The fraction of sp³-hybridized carbons (Fsp3) is 0.294. The number of allylic oxidation sites excluding steroid dienone is 1. The first kappa shape index (κ1) is 16.3. The number of aromatic amines is 1. The van der Waals surface area contributed by atoms with Crippen LogP contribution in [0.25, 0.3) is 10.9 Å². The molecule has 5 heteroatoms. The molecule has 0 unspecified atom stereocenters. The van der Waals surface area contributed by atoms with Gasteiger partial charge in [0, 0.05) is 35.7 Å². The number of hydrogen-bond donors (Lipinski definition) is 1. The van der Waals surface area contributed by atoms with Crippen LogP contribution in [0.5, 0.6) is 0 Å². The number of rotatable bonds is 4. The summed E-state index contributed by atoms with van der Waals surface area (Å²) in [7, 11) is 3.56. The van der Waals surface area contributed by atoms with Gasteiger partial charge in [0.15, 0.2) is 0 Å². The molecular formula is C17H18BrN3O. The highest BCUT2D eigenvalue weighted by Crippen LogP contribution is 2.30. The summed E-state index contributed by atoms with van der Waals surface area (Å²) in [4.78, 5) is 17.2. The standard InChI is InChI=1S/C17H18BrN3O/c1-10(2)13-5-11-6-16(20-15(11)7-14(13)18)17(22)12(8-19)9-21(3)4/h5-7,9-10,20H,1-4H3/b12-9+. The van der Waals surface area contributed by atoms with E-state index < -0.39 is 0 Å². The van der Waals surface area contributed by atoms with Crippen molar-refractivity contribution in [1.82, 2.24) is 9.88 Å². The van der Waals surface area contributed by atoms with Crippen molar-refractivity contribution < 1.29 is 4.79 Å². The van der Waals surface area contributed by atoms with Gasteiger partial charge in [0.25, 0.3) is 0 Å². The minimum absolute atomic E-state index is 0.111. The lowest BCUT2D eigenvalue weighted by molar-refractivity contribution is 0.103. The number of hydrogen-bond acceptors (Lipinski definition) is 3. The minimum atomic E-state index is -0.297. The number of H-pyrrole nitrogens is 1. The van der Waals surface area contributed by atoms with Crippen LogP contribution in [-0.2, 0) is 0 Å². The largest absolute Gasteiger partial charge is 0.382 e. The lowest BCUT2D eigenvalue weighted by Crippen LogP contribution is -2.09. The Hall–Kier alpha value is -2.06. The van der Waals surface area contributed by atoms with Crippen LogP contribution in [0.3, 0.4) is 0 Å². The van der Waals surface area contributed by atoms with Crippen LogP contribution in [0.4, 0.5) is 0 Å². The van der Waals surface area contributed by atoms with Gasteiger partial charge in [-0.25, -0.2) is 0 Å². The Morgan fingerprint density at radius 3 is 2.59 bits per heavy atom. The Bertz CT molecular complexity index is 794. The molecule has 4 nitrogen and oxygen atoms in total. The fourth-order valence-electron chi connectivity index (χ4n) is 2.28. The molecule has 1 heterocycles. The molecular weight excluding hydrogens is 342 g/mol. The number of ketones is 1. The van der Waals surface area contributed by atoms with Gasteiger partial charge in [-0.2, -0.15) is 5.26 Å². The highest BCUT2D eigenvalue weighted by atomic mass is 79.9. The van der Waals surface area contributed by atoms with E-state index in [9.17, 15) is 4.79 Å². The third kappa shape index (κ3) is 3.23. The number of Topliss-reactive ketones (excluding diaryl/α,β-unsaturated/α-hetero) is 1. The van der Waals surface area contributed by atoms with E-state index in [2.05, 4.69) is 40.8 Å². The first-order valence-electron chi connectivity index (χ1n) is 6.98. The maximum absolute atomic E-state index is 12.4. The second kappa shape index (κ2) is 6.37. The van der Waals surface area contributed by atoms with Gasteiger partial charge in [-0.1, -0.05) is 29.8 Å². The smallest absolute Gasteiger partial charge is 0.221 e. The predicted octanol–water partition coefficient (Wildman–Crippen LogP) is 4.21. The number of fused-ring (bicyclic) bond motifs is 1. The molecule has 0 saturated carbocycles. The molecule has 1 aromatic carbocycles. The van der Waals surface area contributed by atoms with Crippen LogP contribution in [-0.4, -0.2) is 29.8 Å². The van der Waals surface area contributed by atoms with Crippen LogP contribution in [0, 0.1) is 11.3 Å². The SMILES string of the molecule is CC(C)c1cc2cc(C(=O)/C(C#N)=C/N(C)C)[nH]c2cc1Br. The number of carbonyl (C=O) groups excluding carboxylic acids is 1. The zero-order chi connectivity index (χ0) is 16.4. The van der Waals surface area contributed by atoms with Crippen LogP contribution < -0.4 is 0 Å². The van der Waals surface area contributed by atoms with Gasteiger partial charge in [0.05, 0.1) is 5.69 Å². The molecule has 0 amide bonds. The van der Waals surface area contributed by atoms with E-state index in [4.69, 9.17) is 5.26 Å². The molecule has 0 radical (unpaired) electrons. The third-order valence-electron chi connectivity index (χ3n) is 3.36. The Kier molecular flexibility index (Phi) is 4.72. The van der Waals surface area contributed by atoms with E-state index in [-0.39, 0.29) is 11.4 Å². The van der Waals surface area contributed by atoms with Crippen molar-refractivity contribution in [3.63, 3.8) is 0 Å². The van der Waals surface area contributed by atoms with E-state index in [0.29, 0.717) is 11.6 Å². The molecule has 0 spiro atoms. The van der Waals surface area contributed by atoms with Crippen LogP contribution in [0.2, 0.25) is 0 Å². The molecule has 0 bridgehead atoms. The second-order valence-corrected chi connectivity index (χ2v) is 6.60. The lowest BCUT2D eigenvalue weighted by Gasteiger charge is -2.08. The molecule has 114 valence electrons. The molecule has 2 rings (SSSR count). The summed E-state index contributed by atoms with van der Waals surface area (Å²) >= 11 is 3.56. The van der Waals surface area contributed by atoms with Crippen molar-refractivity contribution in [3.05, 3.63) is 45.7 Å². The van der Waals surface area contributed by atoms with Crippen molar-refractivity contribution in [2.75, 3.05) is 14.1 Å². The quantitative estimate of drug-likeness (QED) is 0.505. The number of nitrogens with one attached hydrogen (secondary N) is 1. The summed E-state index contributed by atoms with van der Waals surface area (Å²) in [5.74, 6) is 0.0887. The van der Waals surface area contributed by atoms with E-state index in [0.717, 1.165) is 15.4 Å². The lowest BCUT2D eigenvalue weighted by atomic mass is 10.0. The summed E-state index contributed by atoms with van der Waals surface area (Å²) in [5, 5.41) is 10.1. The van der Waals surface area contributed by atoms with Gasteiger partial charge in [-0.05, 0) is 29.7 Å². The summed E-state index contributed by atoms with van der Waals surface area (Å²) in [6, 6.07) is 7.80. The number of carbonyl (C=O) groups is 1. The Morgan fingerprint density at radius 1 is 1.36 bits per heavy atom. The first-order chi connectivity index (χ1) is 10.3. The Labute approximate surface area is 138 Å². The summed E-state index contributed by atoms with van der Waals surface area (Å²) < 4.78 is 1.01. The number of nitrogens with zero attached hydrogens (tertiary/aromatic N) is 2. The van der Waals surface area contributed by atoms with Gasteiger partial charge < -0.3 is 9.88 Å². The van der Waals surface area contributed by atoms with Crippen molar-refractivity contribution in [2.45, 2.75) is 19.8 Å². The summed E-state index contributed by atoms with van der Waals surface area (Å²) in [6.07, 6.45) is 1.53. The third-order valence-corrected chi connectivity index (χ3v) is 4.04. The monoisotopic (exact) mass is 359 g/mol. The molecule has 0 aliphatic carbocycles. The maximum Gasteiger partial charge on any atom is 0.221 e. The molecule has 0 aliphatic rings. The first-order valence-corrected chi connectivity index (χ1v) is 7.78. The zero-order valence-corrected chi connectivity index (χ0v) is 14.7. The molecule has 2 aromatic rings. The van der Waals surface area contributed by atoms with Gasteiger partial charge in [0.2, 0.25) is 5.78 Å². The van der Waals surface area contributed by atoms with Gasteiger partial charge in [0.1, 0.15) is 11.6 Å². The highest BCUT2D eigenvalue weighted by molar-refractivity contribution is 9.10. The van der Waals surface area contributed by atoms with E-state index in [1.54, 1.807) is 25.1 Å². The van der Waals surface area contributed by atoms with Gasteiger partial charge >= 0.3 is 0 Å².